The molecule has 2 aromatic rings. The largest absolute Gasteiger partial charge is 0.489 e. The van der Waals surface area contributed by atoms with E-state index in [2.05, 4.69) is 0 Å². The second kappa shape index (κ2) is 6.18. The predicted octanol–water partition coefficient (Wildman–Crippen LogP) is 4.34. The summed E-state index contributed by atoms with van der Waals surface area (Å²) in [5.41, 5.74) is 0.513. The van der Waals surface area contributed by atoms with Crippen LogP contribution in [0.1, 0.15) is 29.7 Å². The van der Waals surface area contributed by atoms with Crippen molar-refractivity contribution in [2.45, 2.75) is 25.8 Å². The van der Waals surface area contributed by atoms with Crippen LogP contribution in [0, 0.1) is 0 Å². The van der Waals surface area contributed by atoms with Crippen LogP contribution in [0.2, 0.25) is 0 Å². The second-order valence-corrected chi connectivity index (χ2v) is 4.73. The number of hydrogen-bond acceptors (Lipinski definition) is 2. The second-order valence-electron chi connectivity index (χ2n) is 4.73. The van der Waals surface area contributed by atoms with Crippen molar-refractivity contribution < 1.29 is 23.0 Å². The molecule has 0 radical (unpaired) electrons. The lowest BCUT2D eigenvalue weighted by molar-refractivity contribution is -0.137. The number of rotatable bonds is 4. The highest BCUT2D eigenvalue weighted by atomic mass is 19.4. The topological polar surface area (TPSA) is 29.5 Å². The molecule has 112 valence electrons. The fourth-order valence-electron chi connectivity index (χ4n) is 1.85. The van der Waals surface area contributed by atoms with Gasteiger partial charge < -0.3 is 9.84 Å². The van der Waals surface area contributed by atoms with E-state index in [1.807, 2.05) is 0 Å². The molecule has 0 amide bonds. The third kappa shape index (κ3) is 4.23. The van der Waals surface area contributed by atoms with E-state index in [0.29, 0.717) is 11.3 Å². The Morgan fingerprint density at radius 1 is 1.10 bits per heavy atom. The monoisotopic (exact) mass is 296 g/mol. The standard InChI is InChI=1S/C16H15F3O2/c1-11(20)13-5-7-15(8-6-13)21-10-12-3-2-4-14(9-12)16(17,18)19/h2-9,11,20H,10H2,1H3. The zero-order valence-corrected chi connectivity index (χ0v) is 11.4. The number of hydrogen-bond donors (Lipinski definition) is 1. The Bertz CT molecular complexity index is 589. The molecule has 0 fully saturated rings. The fourth-order valence-corrected chi connectivity index (χ4v) is 1.85. The van der Waals surface area contributed by atoms with E-state index in [9.17, 15) is 18.3 Å². The molecule has 0 heterocycles. The van der Waals surface area contributed by atoms with E-state index in [1.54, 1.807) is 37.3 Å². The van der Waals surface area contributed by atoms with Gasteiger partial charge in [0, 0.05) is 0 Å². The van der Waals surface area contributed by atoms with Gasteiger partial charge in [-0.15, -0.1) is 0 Å². The Morgan fingerprint density at radius 3 is 2.33 bits per heavy atom. The van der Waals surface area contributed by atoms with Crippen molar-refractivity contribution in [1.82, 2.24) is 0 Å². The maximum Gasteiger partial charge on any atom is 0.416 e. The first-order valence-corrected chi connectivity index (χ1v) is 6.43. The van der Waals surface area contributed by atoms with E-state index in [1.165, 1.54) is 6.07 Å². The molecule has 21 heavy (non-hydrogen) atoms. The van der Waals surface area contributed by atoms with Gasteiger partial charge in [0.1, 0.15) is 12.4 Å². The highest BCUT2D eigenvalue weighted by Crippen LogP contribution is 2.29. The Balaban J connectivity index is 2.03. The molecule has 2 nitrogen and oxygen atoms in total. The number of halogens is 3. The molecule has 5 heteroatoms. The Labute approximate surface area is 120 Å². The van der Waals surface area contributed by atoms with E-state index < -0.39 is 17.8 Å². The van der Waals surface area contributed by atoms with Crippen LogP contribution < -0.4 is 4.74 Å². The summed E-state index contributed by atoms with van der Waals surface area (Å²) in [6.07, 6.45) is -4.92. The molecule has 1 unspecified atom stereocenters. The summed E-state index contributed by atoms with van der Waals surface area (Å²) in [6.45, 7) is 1.70. The van der Waals surface area contributed by atoms with Gasteiger partial charge in [-0.3, -0.25) is 0 Å². The van der Waals surface area contributed by atoms with Crippen LogP contribution in [-0.4, -0.2) is 5.11 Å². The van der Waals surface area contributed by atoms with Crippen molar-refractivity contribution in [1.29, 1.82) is 0 Å². The molecular weight excluding hydrogens is 281 g/mol. The molecule has 0 saturated heterocycles. The van der Waals surface area contributed by atoms with Gasteiger partial charge in [-0.05, 0) is 42.3 Å². The van der Waals surface area contributed by atoms with E-state index in [4.69, 9.17) is 4.74 Å². The molecule has 2 aromatic carbocycles. The molecule has 0 spiro atoms. The molecule has 0 bridgehead atoms. The molecule has 0 aliphatic carbocycles. The van der Waals surface area contributed by atoms with Crippen molar-refractivity contribution in [3.63, 3.8) is 0 Å². The van der Waals surface area contributed by atoms with Crippen LogP contribution in [0.3, 0.4) is 0 Å². The minimum absolute atomic E-state index is 0.0535. The first-order chi connectivity index (χ1) is 9.86. The number of alkyl halides is 3. The van der Waals surface area contributed by atoms with Crippen LogP contribution in [0.4, 0.5) is 13.2 Å². The quantitative estimate of drug-likeness (QED) is 0.909. The van der Waals surface area contributed by atoms with Gasteiger partial charge in [-0.25, -0.2) is 0 Å². The van der Waals surface area contributed by atoms with Crippen LogP contribution in [0.15, 0.2) is 48.5 Å². The third-order valence-corrected chi connectivity index (χ3v) is 3.02. The maximum atomic E-state index is 12.6. The molecule has 0 aliphatic rings. The van der Waals surface area contributed by atoms with E-state index in [-0.39, 0.29) is 6.61 Å². The van der Waals surface area contributed by atoms with Crippen molar-refractivity contribution in [3.8, 4) is 5.75 Å². The molecule has 0 saturated carbocycles. The van der Waals surface area contributed by atoms with Crippen LogP contribution in [-0.2, 0) is 12.8 Å². The SMILES string of the molecule is CC(O)c1ccc(OCc2cccc(C(F)(F)F)c2)cc1. The van der Waals surface area contributed by atoms with Crippen LogP contribution >= 0.6 is 0 Å². The molecule has 1 N–H and O–H groups in total. The highest BCUT2D eigenvalue weighted by Gasteiger charge is 2.30. The summed E-state index contributed by atoms with van der Waals surface area (Å²) < 4.78 is 43.2. The Hall–Kier alpha value is -2.01. The third-order valence-electron chi connectivity index (χ3n) is 3.02. The predicted molar refractivity (Wildman–Crippen MR) is 72.9 cm³/mol. The Kier molecular flexibility index (Phi) is 4.53. The first kappa shape index (κ1) is 15.4. The molecule has 1 atom stereocenters. The van der Waals surface area contributed by atoms with Gasteiger partial charge in [0.2, 0.25) is 0 Å². The zero-order valence-electron chi connectivity index (χ0n) is 11.4. The lowest BCUT2D eigenvalue weighted by Gasteiger charge is -2.11. The fraction of sp³-hybridized carbons (Fsp3) is 0.250. The van der Waals surface area contributed by atoms with Gasteiger partial charge in [-0.1, -0.05) is 24.3 Å². The van der Waals surface area contributed by atoms with Crippen LogP contribution in [0.25, 0.3) is 0 Å². The van der Waals surface area contributed by atoms with E-state index >= 15 is 0 Å². The van der Waals surface area contributed by atoms with Gasteiger partial charge in [-0.2, -0.15) is 13.2 Å². The lowest BCUT2D eigenvalue weighted by atomic mass is 10.1. The van der Waals surface area contributed by atoms with Crippen molar-refractivity contribution >= 4 is 0 Å². The number of benzene rings is 2. The minimum Gasteiger partial charge on any atom is -0.489 e. The summed E-state index contributed by atoms with van der Waals surface area (Å²) in [4.78, 5) is 0. The van der Waals surface area contributed by atoms with Crippen LogP contribution in [0.5, 0.6) is 5.75 Å². The van der Waals surface area contributed by atoms with Crippen molar-refractivity contribution in [2.75, 3.05) is 0 Å². The number of aliphatic hydroxyl groups is 1. The van der Waals surface area contributed by atoms with E-state index in [0.717, 1.165) is 17.7 Å². The lowest BCUT2D eigenvalue weighted by Crippen LogP contribution is -2.06. The Morgan fingerprint density at radius 2 is 1.76 bits per heavy atom. The smallest absolute Gasteiger partial charge is 0.416 e. The van der Waals surface area contributed by atoms with Crippen molar-refractivity contribution in [2.24, 2.45) is 0 Å². The minimum atomic E-state index is -4.35. The summed E-state index contributed by atoms with van der Waals surface area (Å²) in [7, 11) is 0. The number of ether oxygens (including phenoxy) is 1. The maximum absolute atomic E-state index is 12.6. The first-order valence-electron chi connectivity index (χ1n) is 6.43. The zero-order chi connectivity index (χ0) is 15.5. The van der Waals surface area contributed by atoms with Gasteiger partial charge in [0.15, 0.2) is 0 Å². The summed E-state index contributed by atoms with van der Waals surface area (Å²) in [5, 5.41) is 9.38. The molecular formula is C16H15F3O2. The van der Waals surface area contributed by atoms with Crippen molar-refractivity contribution in [3.05, 3.63) is 65.2 Å². The van der Waals surface area contributed by atoms with Gasteiger partial charge in [0.25, 0.3) is 0 Å². The summed E-state index contributed by atoms with van der Waals surface area (Å²) in [5.74, 6) is 0.539. The summed E-state index contributed by atoms with van der Waals surface area (Å²) >= 11 is 0. The average Bonchev–Trinajstić information content (AvgIpc) is 2.45. The average molecular weight is 296 g/mol. The molecule has 2 rings (SSSR count). The van der Waals surface area contributed by atoms with Gasteiger partial charge in [0.05, 0.1) is 11.7 Å². The van der Waals surface area contributed by atoms with Gasteiger partial charge >= 0.3 is 6.18 Å². The highest BCUT2D eigenvalue weighted by molar-refractivity contribution is 5.29. The summed E-state index contributed by atoms with van der Waals surface area (Å²) in [6, 6.07) is 11.8. The number of aliphatic hydroxyl groups excluding tert-OH is 1. The molecule has 0 aromatic heterocycles. The molecule has 0 aliphatic heterocycles. The normalized spacial score (nSPS) is 13.0.